The predicted molar refractivity (Wildman–Crippen MR) is 146 cm³/mol. The fourth-order valence-electron chi connectivity index (χ4n) is 4.32. The van der Waals surface area contributed by atoms with Crippen molar-refractivity contribution in [2.24, 2.45) is 0 Å². The van der Waals surface area contributed by atoms with Crippen molar-refractivity contribution in [3.05, 3.63) is 47.3 Å². The highest BCUT2D eigenvalue weighted by Gasteiger charge is 2.39. The Morgan fingerprint density at radius 2 is 1.93 bits per heavy atom. The lowest BCUT2D eigenvalue weighted by atomic mass is 10.1. The minimum atomic E-state index is -1.38. The Bertz CT molecular complexity index is 1430. The van der Waals surface area contributed by atoms with Gasteiger partial charge in [-0.15, -0.1) is 0 Å². The smallest absolute Gasteiger partial charge is 0.407 e. The number of carbonyl (C=O) groups is 3. The largest absolute Gasteiger partial charge is 0.444 e. The van der Waals surface area contributed by atoms with Crippen LogP contribution in [0.2, 0.25) is 5.02 Å². The molecule has 1 aromatic carbocycles. The van der Waals surface area contributed by atoms with Gasteiger partial charge in [0.05, 0.1) is 17.9 Å². The number of alkyl halides is 1. The number of hydrogen-bond acceptors (Lipinski definition) is 8. The summed E-state index contributed by atoms with van der Waals surface area (Å²) in [6, 6.07) is 3.36. The molecule has 0 aliphatic carbocycles. The molecule has 220 valence electrons. The maximum absolute atomic E-state index is 14.4. The Balaban J connectivity index is 1.37. The van der Waals surface area contributed by atoms with Crippen LogP contribution in [0.4, 0.5) is 19.4 Å². The number of likely N-dealkylation sites (tertiary alicyclic amines) is 1. The maximum Gasteiger partial charge on any atom is 0.407 e. The number of nitrogens with zero attached hydrogens (tertiary/aromatic N) is 5. The lowest BCUT2D eigenvalue weighted by Crippen LogP contribution is -2.46. The van der Waals surface area contributed by atoms with E-state index in [2.05, 4.69) is 30.9 Å². The number of amides is 3. The van der Waals surface area contributed by atoms with Crippen molar-refractivity contribution in [3.63, 3.8) is 0 Å². The molecule has 0 radical (unpaired) electrons. The van der Waals surface area contributed by atoms with E-state index in [9.17, 15) is 23.2 Å². The molecule has 0 spiro atoms. The van der Waals surface area contributed by atoms with Crippen molar-refractivity contribution < 1.29 is 27.9 Å². The van der Waals surface area contributed by atoms with Gasteiger partial charge < -0.3 is 30.2 Å². The number of aromatic nitrogens is 4. The van der Waals surface area contributed by atoms with Crippen LogP contribution in [0.25, 0.3) is 11.2 Å². The number of anilines is 1. The lowest BCUT2D eigenvalue weighted by Gasteiger charge is -2.24. The summed E-state index contributed by atoms with van der Waals surface area (Å²) in [6.07, 6.45) is 0.600. The molecule has 1 aliphatic heterocycles. The van der Waals surface area contributed by atoms with Crippen LogP contribution in [0.5, 0.6) is 0 Å². The molecule has 3 aromatic rings. The Morgan fingerprint density at radius 1 is 1.15 bits per heavy atom. The fourth-order valence-corrected chi connectivity index (χ4v) is 4.51. The summed E-state index contributed by atoms with van der Waals surface area (Å²) in [5.74, 6) is -1.36. The molecule has 15 heteroatoms. The van der Waals surface area contributed by atoms with E-state index in [4.69, 9.17) is 16.3 Å². The summed E-state index contributed by atoms with van der Waals surface area (Å²) >= 11 is 5.79. The minimum Gasteiger partial charge on any atom is -0.444 e. The first-order valence-corrected chi connectivity index (χ1v) is 13.3. The van der Waals surface area contributed by atoms with Gasteiger partial charge in [0, 0.05) is 31.6 Å². The van der Waals surface area contributed by atoms with Crippen LogP contribution in [-0.4, -0.2) is 79.8 Å². The van der Waals surface area contributed by atoms with Crippen LogP contribution in [0.15, 0.2) is 30.9 Å². The molecular weight excluding hydrogens is 562 g/mol. The number of alkyl carbamates (subject to hydrolysis) is 1. The molecule has 3 N–H and O–H groups in total. The highest BCUT2D eigenvalue weighted by molar-refractivity contribution is 6.30. The Labute approximate surface area is 239 Å². The van der Waals surface area contributed by atoms with E-state index < -0.39 is 41.5 Å². The van der Waals surface area contributed by atoms with Crippen LogP contribution in [-0.2, 0) is 27.4 Å². The monoisotopic (exact) mass is 592 g/mol. The summed E-state index contributed by atoms with van der Waals surface area (Å²) in [6.45, 7) is 5.22. The summed E-state index contributed by atoms with van der Waals surface area (Å²) in [5, 5.41) is 8.18. The van der Waals surface area contributed by atoms with Crippen LogP contribution < -0.4 is 16.0 Å². The number of hydrogen-bond donors (Lipinski definition) is 3. The van der Waals surface area contributed by atoms with E-state index in [1.165, 1.54) is 34.3 Å². The van der Waals surface area contributed by atoms with Crippen molar-refractivity contribution in [1.29, 1.82) is 0 Å². The first-order valence-electron chi connectivity index (χ1n) is 12.9. The molecule has 1 saturated heterocycles. The molecule has 0 bridgehead atoms. The number of benzene rings is 1. The number of carbonyl (C=O) groups excluding carboxylic acids is 3. The number of nitrogens with one attached hydrogen (secondary N) is 3. The number of halogens is 3. The second kappa shape index (κ2) is 12.6. The zero-order valence-electron chi connectivity index (χ0n) is 22.8. The number of imidazole rings is 1. The fraction of sp³-hybridized carbons (Fsp3) is 0.462. The number of fused-ring (bicyclic) bond motifs is 1. The number of rotatable bonds is 9. The molecule has 41 heavy (non-hydrogen) atoms. The molecular formula is C26H31ClF2N8O4. The van der Waals surface area contributed by atoms with Gasteiger partial charge in [-0.1, -0.05) is 23.7 Å². The average Bonchev–Trinajstić information content (AvgIpc) is 3.50. The SMILES string of the molecule is CC(C)(C)OC(=O)NCCNc1ncnc2c1ncn2CC(=O)N1C[C@H](F)C[C@H]1C(=O)NCc1cccc(Cl)c1F. The van der Waals surface area contributed by atoms with Gasteiger partial charge >= 0.3 is 6.09 Å². The molecule has 1 fully saturated rings. The van der Waals surface area contributed by atoms with E-state index in [1.54, 1.807) is 26.8 Å². The van der Waals surface area contributed by atoms with Gasteiger partial charge in [-0.3, -0.25) is 9.59 Å². The van der Waals surface area contributed by atoms with Crippen molar-refractivity contribution in [2.75, 3.05) is 25.0 Å². The minimum absolute atomic E-state index is 0.0783. The molecule has 1 aliphatic rings. The van der Waals surface area contributed by atoms with Gasteiger partial charge in [0.25, 0.3) is 0 Å². The van der Waals surface area contributed by atoms with E-state index in [-0.39, 0.29) is 43.2 Å². The molecule has 12 nitrogen and oxygen atoms in total. The average molecular weight is 593 g/mol. The van der Waals surface area contributed by atoms with E-state index >= 15 is 0 Å². The molecule has 3 amide bonds. The summed E-state index contributed by atoms with van der Waals surface area (Å²) in [7, 11) is 0. The molecule has 0 saturated carbocycles. The van der Waals surface area contributed by atoms with E-state index in [0.717, 1.165) is 0 Å². The van der Waals surface area contributed by atoms with Crippen molar-refractivity contribution in [3.8, 4) is 0 Å². The Hall–Kier alpha value is -4.07. The van der Waals surface area contributed by atoms with Crippen LogP contribution in [0, 0.1) is 5.82 Å². The predicted octanol–water partition coefficient (Wildman–Crippen LogP) is 2.81. The standard InChI is InChI=1S/C26H31ClF2N8O4/c1-26(2,3)41-25(40)31-8-7-30-22-21-23(34-13-33-22)36(14-35-21)12-19(38)37-11-16(28)9-18(37)24(39)32-10-15-5-4-6-17(27)20(15)29/h4-6,13-14,16,18H,7-12H2,1-3H3,(H,31,40)(H,32,39)(H,30,33,34)/t16-,18+/m1/s1. The first kappa shape index (κ1) is 29.9. The highest BCUT2D eigenvalue weighted by atomic mass is 35.5. The normalized spacial score (nSPS) is 17.0. The maximum atomic E-state index is 14.4. The van der Waals surface area contributed by atoms with E-state index in [0.29, 0.717) is 23.5 Å². The van der Waals surface area contributed by atoms with Gasteiger partial charge in [-0.2, -0.15) is 0 Å². The van der Waals surface area contributed by atoms with Crippen molar-refractivity contribution in [2.45, 2.75) is 58.1 Å². The molecule has 2 aromatic heterocycles. The summed E-state index contributed by atoms with van der Waals surface area (Å²) < 4.78 is 35.2. The zero-order chi connectivity index (χ0) is 29.7. The second-order valence-electron chi connectivity index (χ2n) is 10.4. The molecule has 2 atom stereocenters. The Kier molecular flexibility index (Phi) is 9.21. The van der Waals surface area contributed by atoms with Gasteiger partial charge in [0.1, 0.15) is 42.0 Å². The Morgan fingerprint density at radius 3 is 2.68 bits per heavy atom. The quantitative estimate of drug-likeness (QED) is 0.322. The van der Waals surface area contributed by atoms with Crippen LogP contribution in [0.1, 0.15) is 32.8 Å². The third kappa shape index (κ3) is 7.57. The van der Waals surface area contributed by atoms with Crippen molar-refractivity contribution >= 4 is 46.5 Å². The summed E-state index contributed by atoms with van der Waals surface area (Å²) in [4.78, 5) is 51.7. The van der Waals surface area contributed by atoms with Gasteiger partial charge in [0.2, 0.25) is 11.8 Å². The van der Waals surface area contributed by atoms with Crippen molar-refractivity contribution in [1.82, 2.24) is 35.1 Å². The third-order valence-electron chi connectivity index (χ3n) is 6.15. The third-order valence-corrected chi connectivity index (χ3v) is 6.44. The molecule has 0 unspecified atom stereocenters. The molecule has 4 rings (SSSR count). The van der Waals surface area contributed by atoms with Crippen LogP contribution >= 0.6 is 11.6 Å². The summed E-state index contributed by atoms with van der Waals surface area (Å²) in [5.41, 5.74) is 0.304. The van der Waals surface area contributed by atoms with Crippen LogP contribution in [0.3, 0.4) is 0 Å². The van der Waals surface area contributed by atoms with E-state index in [1.807, 2.05) is 0 Å². The molecule has 3 heterocycles. The highest BCUT2D eigenvalue weighted by Crippen LogP contribution is 2.23. The second-order valence-corrected chi connectivity index (χ2v) is 10.9. The lowest BCUT2D eigenvalue weighted by molar-refractivity contribution is -0.139. The topological polar surface area (TPSA) is 143 Å². The first-order chi connectivity index (χ1) is 19.4. The van der Waals surface area contributed by atoms with Gasteiger partial charge in [0.15, 0.2) is 11.5 Å². The number of ether oxygens (including phenoxy) is 1. The zero-order valence-corrected chi connectivity index (χ0v) is 23.5. The van der Waals surface area contributed by atoms with Gasteiger partial charge in [-0.25, -0.2) is 28.5 Å². The van der Waals surface area contributed by atoms with Gasteiger partial charge in [-0.05, 0) is 26.8 Å².